The van der Waals surface area contributed by atoms with Gasteiger partial charge in [-0.1, -0.05) is 12.2 Å². The fourth-order valence-electron chi connectivity index (χ4n) is 1.70. The van der Waals surface area contributed by atoms with E-state index < -0.39 is 0 Å². The Bertz CT molecular complexity index is 253. The van der Waals surface area contributed by atoms with Crippen LogP contribution in [0.25, 0.3) is 0 Å². The van der Waals surface area contributed by atoms with E-state index in [0.717, 1.165) is 6.54 Å². The van der Waals surface area contributed by atoms with Crippen LogP contribution in [0.4, 0.5) is 0 Å². The van der Waals surface area contributed by atoms with Crippen molar-refractivity contribution in [2.24, 2.45) is 5.73 Å². The van der Waals surface area contributed by atoms with E-state index in [1.807, 2.05) is 6.92 Å². The summed E-state index contributed by atoms with van der Waals surface area (Å²) in [5.74, 6) is 0.0600. The zero-order valence-corrected chi connectivity index (χ0v) is 10.1. The minimum Gasteiger partial charge on any atom is -0.393 e. The van der Waals surface area contributed by atoms with Gasteiger partial charge in [0.05, 0.1) is 11.0 Å². The van der Waals surface area contributed by atoms with E-state index in [2.05, 4.69) is 10.2 Å². The lowest BCUT2D eigenvalue weighted by molar-refractivity contribution is -0.125. The molecule has 1 rings (SSSR count). The van der Waals surface area contributed by atoms with Crippen molar-refractivity contribution >= 4 is 23.1 Å². The summed E-state index contributed by atoms with van der Waals surface area (Å²) in [5, 5.41) is 2.67. The number of nitrogens with two attached hydrogens (primary N) is 1. The summed E-state index contributed by atoms with van der Waals surface area (Å²) in [6.07, 6.45) is 3.05. The van der Waals surface area contributed by atoms with Gasteiger partial charge < -0.3 is 11.1 Å². The average Bonchev–Trinajstić information content (AvgIpc) is 3.00. The maximum Gasteiger partial charge on any atom is 0.236 e. The van der Waals surface area contributed by atoms with Gasteiger partial charge in [0.25, 0.3) is 0 Å². The number of rotatable bonds is 6. The van der Waals surface area contributed by atoms with Crippen LogP contribution in [0.3, 0.4) is 0 Å². The second-order valence-corrected chi connectivity index (χ2v) is 4.50. The molecule has 1 aliphatic carbocycles. The summed E-state index contributed by atoms with van der Waals surface area (Å²) in [4.78, 5) is 14.2. The van der Waals surface area contributed by atoms with Gasteiger partial charge in [0.1, 0.15) is 0 Å². The monoisotopic (exact) mass is 229 g/mol. The lowest BCUT2D eigenvalue weighted by Gasteiger charge is -2.27. The van der Waals surface area contributed by atoms with Crippen LogP contribution in [0.2, 0.25) is 0 Å². The highest BCUT2D eigenvalue weighted by atomic mass is 32.1. The minimum absolute atomic E-state index is 0.0600. The number of nitrogens with one attached hydrogen (secondary N) is 1. The number of likely N-dealkylation sites (N-methyl/N-ethyl adjacent to an activating group) is 1. The Hall–Kier alpha value is -0.680. The SMILES string of the molecule is CNC(=O)C(C)N(CCC(N)=S)C1CC1. The van der Waals surface area contributed by atoms with Crippen molar-refractivity contribution in [1.82, 2.24) is 10.2 Å². The van der Waals surface area contributed by atoms with Gasteiger partial charge in [-0.25, -0.2) is 0 Å². The maximum atomic E-state index is 11.5. The zero-order valence-electron chi connectivity index (χ0n) is 9.32. The van der Waals surface area contributed by atoms with E-state index in [4.69, 9.17) is 18.0 Å². The summed E-state index contributed by atoms with van der Waals surface area (Å²) in [5.41, 5.74) is 5.47. The lowest BCUT2D eigenvalue weighted by Crippen LogP contribution is -2.46. The summed E-state index contributed by atoms with van der Waals surface area (Å²) in [6.45, 7) is 2.71. The molecule has 5 heteroatoms. The minimum atomic E-state index is -0.0863. The van der Waals surface area contributed by atoms with Crippen LogP contribution >= 0.6 is 12.2 Å². The van der Waals surface area contributed by atoms with Crippen LogP contribution in [0, 0.1) is 0 Å². The summed E-state index contributed by atoms with van der Waals surface area (Å²) in [7, 11) is 1.66. The predicted octanol–water partition coefficient (Wildman–Crippen LogP) is 0.262. The smallest absolute Gasteiger partial charge is 0.236 e. The molecule has 1 atom stereocenters. The Balaban J connectivity index is 2.49. The van der Waals surface area contributed by atoms with E-state index in [1.54, 1.807) is 7.05 Å². The number of nitrogens with zero attached hydrogens (tertiary/aromatic N) is 1. The third-order valence-electron chi connectivity index (χ3n) is 2.76. The van der Waals surface area contributed by atoms with Crippen LogP contribution < -0.4 is 11.1 Å². The molecule has 1 amide bonds. The van der Waals surface area contributed by atoms with E-state index >= 15 is 0 Å². The van der Waals surface area contributed by atoms with Gasteiger partial charge in [0.15, 0.2) is 0 Å². The molecular weight excluding hydrogens is 210 g/mol. The third-order valence-corrected chi connectivity index (χ3v) is 2.96. The molecule has 1 fully saturated rings. The topological polar surface area (TPSA) is 58.4 Å². The number of hydrogen-bond acceptors (Lipinski definition) is 3. The van der Waals surface area contributed by atoms with Crippen molar-refractivity contribution in [2.75, 3.05) is 13.6 Å². The number of carbonyl (C=O) groups is 1. The molecule has 1 saturated carbocycles. The third kappa shape index (κ3) is 3.76. The van der Waals surface area contributed by atoms with Crippen molar-refractivity contribution < 1.29 is 4.79 Å². The van der Waals surface area contributed by atoms with Crippen molar-refractivity contribution in [3.05, 3.63) is 0 Å². The van der Waals surface area contributed by atoms with Crippen molar-refractivity contribution in [1.29, 1.82) is 0 Å². The quantitative estimate of drug-likeness (QED) is 0.642. The first kappa shape index (κ1) is 12.4. The zero-order chi connectivity index (χ0) is 11.4. The second-order valence-electron chi connectivity index (χ2n) is 3.98. The van der Waals surface area contributed by atoms with Crippen molar-refractivity contribution in [2.45, 2.75) is 38.3 Å². The van der Waals surface area contributed by atoms with Crippen LogP contribution in [0.1, 0.15) is 26.2 Å². The highest BCUT2D eigenvalue weighted by Gasteiger charge is 2.34. The first-order valence-electron chi connectivity index (χ1n) is 5.32. The van der Waals surface area contributed by atoms with Crippen LogP contribution in [0.15, 0.2) is 0 Å². The van der Waals surface area contributed by atoms with Gasteiger partial charge in [-0.2, -0.15) is 0 Å². The molecule has 0 aliphatic heterocycles. The van der Waals surface area contributed by atoms with Gasteiger partial charge in [-0.3, -0.25) is 9.69 Å². The number of thiocarbonyl (C=S) groups is 1. The summed E-state index contributed by atoms with van der Waals surface area (Å²) >= 11 is 4.85. The molecular formula is C10H19N3OS. The first-order valence-corrected chi connectivity index (χ1v) is 5.72. The van der Waals surface area contributed by atoms with Gasteiger partial charge in [0, 0.05) is 26.1 Å². The molecule has 15 heavy (non-hydrogen) atoms. The Morgan fingerprint density at radius 2 is 2.27 bits per heavy atom. The lowest BCUT2D eigenvalue weighted by atomic mass is 10.2. The van der Waals surface area contributed by atoms with Crippen LogP contribution in [-0.2, 0) is 4.79 Å². The number of carbonyl (C=O) groups excluding carboxylic acids is 1. The van der Waals surface area contributed by atoms with Crippen LogP contribution in [-0.4, -0.2) is 41.5 Å². The average molecular weight is 229 g/mol. The van der Waals surface area contributed by atoms with E-state index in [1.165, 1.54) is 12.8 Å². The standard InChI is InChI=1S/C10H19N3OS/c1-7(10(14)12-2)13(8-3-4-8)6-5-9(11)15/h7-8H,3-6H2,1-2H3,(H2,11,15)(H,12,14). The molecule has 1 unspecified atom stereocenters. The molecule has 0 spiro atoms. The van der Waals surface area contributed by atoms with Crippen molar-refractivity contribution in [3.8, 4) is 0 Å². The fraction of sp³-hybridized carbons (Fsp3) is 0.800. The van der Waals surface area contributed by atoms with Gasteiger partial charge in [-0.15, -0.1) is 0 Å². The highest BCUT2D eigenvalue weighted by Crippen LogP contribution is 2.28. The molecule has 0 radical (unpaired) electrons. The Kier molecular flexibility index (Phi) is 4.47. The molecule has 86 valence electrons. The van der Waals surface area contributed by atoms with E-state index in [0.29, 0.717) is 17.5 Å². The molecule has 4 nitrogen and oxygen atoms in total. The second kappa shape index (κ2) is 5.42. The van der Waals surface area contributed by atoms with Gasteiger partial charge in [-0.05, 0) is 19.8 Å². The molecule has 0 heterocycles. The Morgan fingerprint density at radius 3 is 2.67 bits per heavy atom. The van der Waals surface area contributed by atoms with Gasteiger partial charge in [0.2, 0.25) is 5.91 Å². The molecule has 0 bridgehead atoms. The predicted molar refractivity (Wildman–Crippen MR) is 64.7 cm³/mol. The Labute approximate surface area is 96.2 Å². The van der Waals surface area contributed by atoms with Gasteiger partial charge >= 0.3 is 0 Å². The maximum absolute atomic E-state index is 11.5. The van der Waals surface area contributed by atoms with E-state index in [9.17, 15) is 4.79 Å². The number of amides is 1. The summed E-state index contributed by atoms with van der Waals surface area (Å²) in [6, 6.07) is 0.462. The highest BCUT2D eigenvalue weighted by molar-refractivity contribution is 7.80. The molecule has 0 aromatic heterocycles. The molecule has 0 aromatic carbocycles. The first-order chi connectivity index (χ1) is 7.06. The Morgan fingerprint density at radius 1 is 1.67 bits per heavy atom. The normalized spacial score (nSPS) is 17.5. The van der Waals surface area contributed by atoms with E-state index in [-0.39, 0.29) is 11.9 Å². The number of hydrogen-bond donors (Lipinski definition) is 2. The summed E-state index contributed by atoms with van der Waals surface area (Å²) < 4.78 is 0. The fourth-order valence-corrected chi connectivity index (χ4v) is 1.79. The van der Waals surface area contributed by atoms with Crippen LogP contribution in [0.5, 0.6) is 0 Å². The van der Waals surface area contributed by atoms with Crippen molar-refractivity contribution in [3.63, 3.8) is 0 Å². The molecule has 3 N–H and O–H groups in total. The molecule has 1 aliphatic rings. The molecule has 0 aromatic rings. The molecule has 0 saturated heterocycles. The largest absolute Gasteiger partial charge is 0.393 e.